The summed E-state index contributed by atoms with van der Waals surface area (Å²) >= 11 is 0. The molecule has 0 spiro atoms. The highest BCUT2D eigenvalue weighted by Crippen LogP contribution is 2.27. The Morgan fingerprint density at radius 2 is 2.35 bits per heavy atom. The molecular weight excluding hydrogens is 212 g/mol. The van der Waals surface area contributed by atoms with Gasteiger partial charge in [-0.05, 0) is 37.3 Å². The zero-order chi connectivity index (χ0) is 11.7. The fourth-order valence-electron chi connectivity index (χ4n) is 2.58. The van der Waals surface area contributed by atoms with Gasteiger partial charge in [-0.1, -0.05) is 19.1 Å². The van der Waals surface area contributed by atoms with Crippen molar-refractivity contribution in [2.75, 3.05) is 6.61 Å². The highest BCUT2D eigenvalue weighted by Gasteiger charge is 2.18. The summed E-state index contributed by atoms with van der Waals surface area (Å²) in [6.07, 6.45) is 6.65. The minimum absolute atomic E-state index is 0.133. The lowest BCUT2D eigenvalue weighted by molar-refractivity contribution is -0.0366. The van der Waals surface area contributed by atoms with Gasteiger partial charge in [0.25, 0.3) is 0 Å². The lowest BCUT2D eigenvalue weighted by Gasteiger charge is -2.23. The largest absolute Gasteiger partial charge is 0.356 e. The van der Waals surface area contributed by atoms with Crippen molar-refractivity contribution in [3.8, 4) is 0 Å². The zero-order valence-electron chi connectivity index (χ0n) is 10.2. The summed E-state index contributed by atoms with van der Waals surface area (Å²) in [6.45, 7) is 3.04. The molecule has 1 unspecified atom stereocenters. The first-order chi connectivity index (χ1) is 8.40. The van der Waals surface area contributed by atoms with Crippen LogP contribution in [-0.4, -0.2) is 16.4 Å². The Morgan fingerprint density at radius 1 is 1.41 bits per heavy atom. The van der Waals surface area contributed by atoms with Crippen LogP contribution in [0, 0.1) is 0 Å². The second-order valence-corrected chi connectivity index (χ2v) is 4.61. The Kier molecular flexibility index (Phi) is 2.85. The summed E-state index contributed by atoms with van der Waals surface area (Å²) < 4.78 is 7.85. The Morgan fingerprint density at radius 3 is 3.12 bits per heavy atom. The minimum Gasteiger partial charge on any atom is -0.356 e. The van der Waals surface area contributed by atoms with E-state index in [1.807, 2.05) is 10.9 Å². The number of ether oxygens (including phenoxy) is 1. The van der Waals surface area contributed by atoms with Crippen LogP contribution < -0.4 is 0 Å². The Bertz CT molecular complexity index is 512. The van der Waals surface area contributed by atoms with E-state index in [-0.39, 0.29) is 6.23 Å². The predicted molar refractivity (Wildman–Crippen MR) is 68.0 cm³/mol. The zero-order valence-corrected chi connectivity index (χ0v) is 10.2. The van der Waals surface area contributed by atoms with Crippen LogP contribution in [0.1, 0.15) is 38.0 Å². The van der Waals surface area contributed by atoms with E-state index >= 15 is 0 Å². The highest BCUT2D eigenvalue weighted by atomic mass is 16.5. The van der Waals surface area contributed by atoms with Crippen LogP contribution in [0.5, 0.6) is 0 Å². The molecule has 0 bridgehead atoms. The molecule has 90 valence electrons. The summed E-state index contributed by atoms with van der Waals surface area (Å²) in [7, 11) is 0. The first-order valence-corrected chi connectivity index (χ1v) is 6.47. The number of hydrogen-bond donors (Lipinski definition) is 0. The molecule has 1 aromatic carbocycles. The van der Waals surface area contributed by atoms with Gasteiger partial charge in [0.15, 0.2) is 6.23 Å². The number of aromatic nitrogens is 2. The number of rotatable bonds is 2. The summed E-state index contributed by atoms with van der Waals surface area (Å²) in [5.41, 5.74) is 2.57. The summed E-state index contributed by atoms with van der Waals surface area (Å²) in [6, 6.07) is 6.43. The van der Waals surface area contributed by atoms with Crippen molar-refractivity contribution in [1.82, 2.24) is 9.78 Å². The van der Waals surface area contributed by atoms with Crippen LogP contribution >= 0.6 is 0 Å². The highest BCUT2D eigenvalue weighted by molar-refractivity contribution is 5.82. The van der Waals surface area contributed by atoms with Gasteiger partial charge in [-0.3, -0.25) is 0 Å². The maximum absolute atomic E-state index is 5.80. The molecule has 2 aromatic rings. The molecule has 1 aliphatic rings. The van der Waals surface area contributed by atoms with E-state index < -0.39 is 0 Å². The number of nitrogens with zero attached hydrogens (tertiary/aromatic N) is 2. The smallest absolute Gasteiger partial charge is 0.150 e. The molecule has 1 aliphatic heterocycles. The molecule has 3 nitrogen and oxygen atoms in total. The van der Waals surface area contributed by atoms with Crippen LogP contribution in [0.3, 0.4) is 0 Å². The molecule has 1 atom stereocenters. The summed E-state index contributed by atoms with van der Waals surface area (Å²) in [4.78, 5) is 0. The van der Waals surface area contributed by atoms with Gasteiger partial charge in [-0.25, -0.2) is 4.68 Å². The molecular formula is C14H18N2O. The Labute approximate surface area is 101 Å². The maximum atomic E-state index is 5.80. The van der Waals surface area contributed by atoms with Crippen LogP contribution in [0.2, 0.25) is 0 Å². The Hall–Kier alpha value is -1.35. The third-order valence-corrected chi connectivity index (χ3v) is 3.54. The second kappa shape index (κ2) is 4.49. The van der Waals surface area contributed by atoms with Crippen LogP contribution in [0.25, 0.3) is 10.9 Å². The van der Waals surface area contributed by atoms with Crippen LogP contribution in [0.15, 0.2) is 24.4 Å². The SMILES string of the molecule is CCc1cccc2c1cnn2C1CCCCO1. The standard InChI is InChI=1S/C14H18N2O/c1-2-11-6-5-7-13-12(11)10-15-16(13)14-8-3-4-9-17-14/h5-7,10,14H,2-4,8-9H2,1H3. The van der Waals surface area contributed by atoms with Gasteiger partial charge in [0.2, 0.25) is 0 Å². The third kappa shape index (κ3) is 1.84. The molecule has 0 amide bonds. The molecule has 3 rings (SSSR count). The number of hydrogen-bond acceptors (Lipinski definition) is 2. The fraction of sp³-hybridized carbons (Fsp3) is 0.500. The van der Waals surface area contributed by atoms with E-state index in [2.05, 4.69) is 30.2 Å². The van der Waals surface area contributed by atoms with Gasteiger partial charge in [0.1, 0.15) is 0 Å². The van der Waals surface area contributed by atoms with Crippen molar-refractivity contribution in [3.05, 3.63) is 30.0 Å². The average Bonchev–Trinajstić information content (AvgIpc) is 2.83. The normalized spacial score (nSPS) is 20.9. The van der Waals surface area contributed by atoms with E-state index in [0.29, 0.717) is 0 Å². The van der Waals surface area contributed by atoms with Crippen molar-refractivity contribution in [1.29, 1.82) is 0 Å². The van der Waals surface area contributed by atoms with Crippen LogP contribution in [0.4, 0.5) is 0 Å². The molecule has 1 saturated heterocycles. The molecule has 1 aromatic heterocycles. The molecule has 0 N–H and O–H groups in total. The average molecular weight is 230 g/mol. The minimum atomic E-state index is 0.133. The topological polar surface area (TPSA) is 27.1 Å². The fourth-order valence-corrected chi connectivity index (χ4v) is 2.58. The Balaban J connectivity index is 2.05. The van der Waals surface area contributed by atoms with Gasteiger partial charge in [-0.2, -0.15) is 5.10 Å². The van der Waals surface area contributed by atoms with Crippen molar-refractivity contribution >= 4 is 10.9 Å². The van der Waals surface area contributed by atoms with Crippen molar-refractivity contribution in [2.45, 2.75) is 38.8 Å². The van der Waals surface area contributed by atoms with E-state index in [0.717, 1.165) is 19.4 Å². The van der Waals surface area contributed by atoms with Gasteiger partial charge in [0, 0.05) is 12.0 Å². The predicted octanol–water partition coefficient (Wildman–Crippen LogP) is 3.30. The third-order valence-electron chi connectivity index (χ3n) is 3.54. The van der Waals surface area contributed by atoms with E-state index in [4.69, 9.17) is 4.74 Å². The lowest BCUT2D eigenvalue weighted by atomic mass is 10.1. The molecule has 17 heavy (non-hydrogen) atoms. The number of aryl methyl sites for hydroxylation is 1. The molecule has 3 heteroatoms. The molecule has 0 saturated carbocycles. The van der Waals surface area contributed by atoms with Gasteiger partial charge in [-0.15, -0.1) is 0 Å². The lowest BCUT2D eigenvalue weighted by Crippen LogP contribution is -2.18. The van der Waals surface area contributed by atoms with Crippen molar-refractivity contribution < 1.29 is 4.74 Å². The van der Waals surface area contributed by atoms with Crippen molar-refractivity contribution in [3.63, 3.8) is 0 Å². The summed E-state index contributed by atoms with van der Waals surface area (Å²) in [5.74, 6) is 0. The van der Waals surface area contributed by atoms with Gasteiger partial charge in [0.05, 0.1) is 11.7 Å². The van der Waals surface area contributed by atoms with E-state index in [9.17, 15) is 0 Å². The van der Waals surface area contributed by atoms with Crippen LogP contribution in [-0.2, 0) is 11.2 Å². The number of fused-ring (bicyclic) bond motifs is 1. The number of benzene rings is 1. The quantitative estimate of drug-likeness (QED) is 0.791. The first kappa shape index (κ1) is 10.8. The summed E-state index contributed by atoms with van der Waals surface area (Å²) in [5, 5.41) is 5.79. The van der Waals surface area contributed by atoms with E-state index in [1.54, 1.807) is 0 Å². The molecule has 0 aliphatic carbocycles. The van der Waals surface area contributed by atoms with Gasteiger partial charge < -0.3 is 4.74 Å². The molecule has 1 fully saturated rings. The second-order valence-electron chi connectivity index (χ2n) is 4.61. The van der Waals surface area contributed by atoms with Crippen molar-refractivity contribution in [2.24, 2.45) is 0 Å². The maximum Gasteiger partial charge on any atom is 0.150 e. The van der Waals surface area contributed by atoms with E-state index in [1.165, 1.54) is 29.3 Å². The molecule has 2 heterocycles. The first-order valence-electron chi connectivity index (χ1n) is 6.47. The monoisotopic (exact) mass is 230 g/mol. The van der Waals surface area contributed by atoms with Gasteiger partial charge >= 0.3 is 0 Å². The molecule has 0 radical (unpaired) electrons.